The highest BCUT2D eigenvalue weighted by molar-refractivity contribution is 4.89. The first-order valence-electron chi connectivity index (χ1n) is 8.10. The number of aryl methyl sites for hydroxylation is 1. The van der Waals surface area contributed by atoms with E-state index in [0.29, 0.717) is 6.04 Å². The zero-order valence-corrected chi connectivity index (χ0v) is 12.5. The van der Waals surface area contributed by atoms with Crippen LogP contribution >= 0.6 is 0 Å². The van der Waals surface area contributed by atoms with E-state index in [1.165, 1.54) is 38.8 Å². The molecular formula is C15H26N4O. The van der Waals surface area contributed by atoms with Gasteiger partial charge in [-0.3, -0.25) is 4.90 Å². The van der Waals surface area contributed by atoms with Gasteiger partial charge in [-0.05, 0) is 44.6 Å². The topological polar surface area (TPSA) is 54.2 Å². The second kappa shape index (κ2) is 6.68. The molecule has 2 heterocycles. The molecule has 2 aliphatic rings. The molecule has 1 aliphatic heterocycles. The molecule has 1 unspecified atom stereocenters. The van der Waals surface area contributed by atoms with Gasteiger partial charge in [-0.2, -0.15) is 4.98 Å². The van der Waals surface area contributed by atoms with Gasteiger partial charge in [-0.1, -0.05) is 12.1 Å². The van der Waals surface area contributed by atoms with Gasteiger partial charge in [-0.15, -0.1) is 0 Å². The number of hydrogen-bond acceptors (Lipinski definition) is 5. The summed E-state index contributed by atoms with van der Waals surface area (Å²) in [6.45, 7) is 6.42. The number of aromatic nitrogens is 2. The minimum absolute atomic E-state index is 0.645. The van der Waals surface area contributed by atoms with E-state index in [1.54, 1.807) is 0 Å². The summed E-state index contributed by atoms with van der Waals surface area (Å²) in [5.41, 5.74) is 0. The zero-order chi connectivity index (χ0) is 13.8. The van der Waals surface area contributed by atoms with E-state index in [0.717, 1.165) is 43.6 Å². The van der Waals surface area contributed by atoms with Crippen LogP contribution in [0.15, 0.2) is 4.52 Å². The van der Waals surface area contributed by atoms with Gasteiger partial charge in [-0.25, -0.2) is 0 Å². The summed E-state index contributed by atoms with van der Waals surface area (Å²) in [4.78, 5) is 7.01. The van der Waals surface area contributed by atoms with Crippen molar-refractivity contribution >= 4 is 0 Å². The van der Waals surface area contributed by atoms with Gasteiger partial charge in [0.2, 0.25) is 5.89 Å². The van der Waals surface area contributed by atoms with Crippen molar-refractivity contribution in [1.82, 2.24) is 20.4 Å². The SMILES string of the molecule is CCCc1noc(CN(CC2CC2)CC2CCCN2)n1. The van der Waals surface area contributed by atoms with Crippen LogP contribution in [0.3, 0.4) is 0 Å². The van der Waals surface area contributed by atoms with Crippen LogP contribution in [0.5, 0.6) is 0 Å². The normalized spacial score (nSPS) is 22.8. The first-order valence-corrected chi connectivity index (χ1v) is 8.10. The Kier molecular flexibility index (Phi) is 4.68. The summed E-state index contributed by atoms with van der Waals surface area (Å²) in [5, 5.41) is 7.64. The average molecular weight is 278 g/mol. The lowest BCUT2D eigenvalue weighted by atomic mass is 10.2. The highest BCUT2D eigenvalue weighted by Gasteiger charge is 2.27. The molecule has 1 atom stereocenters. The third-order valence-electron chi connectivity index (χ3n) is 4.20. The maximum Gasteiger partial charge on any atom is 0.240 e. The first-order chi connectivity index (χ1) is 9.83. The van der Waals surface area contributed by atoms with Crippen molar-refractivity contribution in [3.8, 4) is 0 Å². The Morgan fingerprint density at radius 3 is 2.90 bits per heavy atom. The molecule has 1 aromatic rings. The lowest BCUT2D eigenvalue weighted by molar-refractivity contribution is 0.202. The largest absolute Gasteiger partial charge is 0.338 e. The molecule has 1 aromatic heterocycles. The van der Waals surface area contributed by atoms with E-state index in [1.807, 2.05) is 0 Å². The van der Waals surface area contributed by atoms with Crippen molar-refractivity contribution in [1.29, 1.82) is 0 Å². The smallest absolute Gasteiger partial charge is 0.240 e. The lowest BCUT2D eigenvalue weighted by Gasteiger charge is -2.24. The fourth-order valence-electron chi connectivity index (χ4n) is 2.96. The summed E-state index contributed by atoms with van der Waals surface area (Å²) in [6.07, 6.45) is 7.36. The van der Waals surface area contributed by atoms with Gasteiger partial charge in [0.15, 0.2) is 5.82 Å². The molecule has 2 fully saturated rings. The molecule has 0 bridgehead atoms. The third-order valence-corrected chi connectivity index (χ3v) is 4.20. The van der Waals surface area contributed by atoms with Crippen LogP contribution in [-0.4, -0.2) is 40.7 Å². The zero-order valence-electron chi connectivity index (χ0n) is 12.5. The number of nitrogens with one attached hydrogen (secondary N) is 1. The van der Waals surface area contributed by atoms with E-state index < -0.39 is 0 Å². The molecule has 0 aromatic carbocycles. The van der Waals surface area contributed by atoms with Crippen molar-refractivity contribution in [2.75, 3.05) is 19.6 Å². The molecule has 0 radical (unpaired) electrons. The monoisotopic (exact) mass is 278 g/mol. The minimum atomic E-state index is 0.645. The van der Waals surface area contributed by atoms with Crippen LogP contribution in [-0.2, 0) is 13.0 Å². The van der Waals surface area contributed by atoms with E-state index in [4.69, 9.17) is 4.52 Å². The van der Waals surface area contributed by atoms with Crippen molar-refractivity contribution in [2.24, 2.45) is 5.92 Å². The Hall–Kier alpha value is -0.940. The molecule has 0 spiro atoms. The standard InChI is InChI=1S/C15H26N4O/c1-2-4-14-17-15(20-18-14)11-19(9-12-6-7-12)10-13-5-3-8-16-13/h12-13,16H,2-11H2,1H3. The number of rotatable bonds is 8. The minimum Gasteiger partial charge on any atom is -0.338 e. The molecule has 5 nitrogen and oxygen atoms in total. The molecule has 1 saturated heterocycles. The van der Waals surface area contributed by atoms with Gasteiger partial charge in [0.25, 0.3) is 0 Å². The predicted octanol–water partition coefficient (Wildman–Crippen LogP) is 1.99. The molecule has 1 aliphatic carbocycles. The van der Waals surface area contributed by atoms with Crippen molar-refractivity contribution in [2.45, 2.75) is 58.0 Å². The van der Waals surface area contributed by atoms with E-state index in [9.17, 15) is 0 Å². The summed E-state index contributed by atoms with van der Waals surface area (Å²) >= 11 is 0. The third kappa shape index (κ3) is 4.03. The van der Waals surface area contributed by atoms with Crippen molar-refractivity contribution in [3.05, 3.63) is 11.7 Å². The maximum absolute atomic E-state index is 5.39. The van der Waals surface area contributed by atoms with Crippen LogP contribution in [0.4, 0.5) is 0 Å². The van der Waals surface area contributed by atoms with Gasteiger partial charge in [0.1, 0.15) is 0 Å². The molecule has 1 N–H and O–H groups in total. The summed E-state index contributed by atoms with van der Waals surface area (Å²) in [7, 11) is 0. The summed E-state index contributed by atoms with van der Waals surface area (Å²) in [5.74, 6) is 2.54. The Morgan fingerprint density at radius 2 is 2.20 bits per heavy atom. The van der Waals surface area contributed by atoms with Crippen molar-refractivity contribution in [3.63, 3.8) is 0 Å². The maximum atomic E-state index is 5.39. The highest BCUT2D eigenvalue weighted by Crippen LogP contribution is 2.30. The van der Waals surface area contributed by atoms with Gasteiger partial charge in [0, 0.05) is 25.6 Å². The fraction of sp³-hybridized carbons (Fsp3) is 0.867. The second-order valence-corrected chi connectivity index (χ2v) is 6.29. The van der Waals surface area contributed by atoms with E-state index in [-0.39, 0.29) is 0 Å². The highest BCUT2D eigenvalue weighted by atomic mass is 16.5. The van der Waals surface area contributed by atoms with Gasteiger partial charge >= 0.3 is 0 Å². The first kappa shape index (κ1) is 14.0. The molecule has 0 amide bonds. The van der Waals surface area contributed by atoms with Crippen LogP contribution in [0.2, 0.25) is 0 Å². The number of hydrogen-bond donors (Lipinski definition) is 1. The Labute approximate surface area is 121 Å². The summed E-state index contributed by atoms with van der Waals surface area (Å²) in [6, 6.07) is 0.645. The molecule has 20 heavy (non-hydrogen) atoms. The Balaban J connectivity index is 1.55. The molecule has 1 saturated carbocycles. The Bertz CT molecular complexity index is 410. The molecule has 3 rings (SSSR count). The van der Waals surface area contributed by atoms with Crippen LogP contribution < -0.4 is 5.32 Å². The quantitative estimate of drug-likeness (QED) is 0.788. The van der Waals surface area contributed by atoms with Crippen molar-refractivity contribution < 1.29 is 4.52 Å². The predicted molar refractivity (Wildman–Crippen MR) is 77.3 cm³/mol. The lowest BCUT2D eigenvalue weighted by Crippen LogP contribution is -2.38. The molecule has 112 valence electrons. The fourth-order valence-corrected chi connectivity index (χ4v) is 2.96. The molecule has 5 heteroatoms. The number of nitrogens with zero attached hydrogens (tertiary/aromatic N) is 3. The summed E-state index contributed by atoms with van der Waals surface area (Å²) < 4.78 is 5.39. The van der Waals surface area contributed by atoms with Gasteiger partial charge < -0.3 is 9.84 Å². The van der Waals surface area contributed by atoms with Gasteiger partial charge in [0.05, 0.1) is 6.54 Å². The average Bonchev–Trinajstić information content (AvgIpc) is 2.90. The van der Waals surface area contributed by atoms with Crippen LogP contribution in [0.25, 0.3) is 0 Å². The second-order valence-electron chi connectivity index (χ2n) is 6.29. The van der Waals surface area contributed by atoms with E-state index >= 15 is 0 Å². The van der Waals surface area contributed by atoms with E-state index in [2.05, 4.69) is 27.3 Å². The Morgan fingerprint density at radius 1 is 1.30 bits per heavy atom. The molecular weight excluding hydrogens is 252 g/mol. The van der Waals surface area contributed by atoms with Crippen LogP contribution in [0.1, 0.15) is 50.7 Å². The van der Waals surface area contributed by atoms with Crippen LogP contribution in [0, 0.1) is 5.92 Å².